The minimum atomic E-state index is -1.66. The van der Waals surface area contributed by atoms with Crippen molar-refractivity contribution < 1.29 is 18.0 Å². The fourth-order valence-corrected chi connectivity index (χ4v) is 2.59. The predicted octanol–water partition coefficient (Wildman–Crippen LogP) is 5.01. The molecule has 2 N–H and O–H groups in total. The zero-order valence-electron chi connectivity index (χ0n) is 15.1. The van der Waals surface area contributed by atoms with E-state index in [0.717, 1.165) is 23.4 Å². The molecule has 0 aliphatic rings. The molecule has 0 aliphatic heterocycles. The first-order valence-electron chi connectivity index (χ1n) is 8.50. The van der Waals surface area contributed by atoms with Crippen LogP contribution in [0.1, 0.15) is 35.8 Å². The summed E-state index contributed by atoms with van der Waals surface area (Å²) in [5, 5.41) is 5.23. The molecule has 1 aromatic heterocycles. The lowest BCUT2D eigenvalue weighted by Crippen LogP contribution is -2.16. The Kier molecular flexibility index (Phi) is 5.58. The second kappa shape index (κ2) is 8.08. The van der Waals surface area contributed by atoms with Crippen molar-refractivity contribution in [2.24, 2.45) is 0 Å². The minimum absolute atomic E-state index is 0.0661. The molecule has 0 saturated heterocycles. The van der Waals surface area contributed by atoms with Gasteiger partial charge in [-0.15, -0.1) is 0 Å². The van der Waals surface area contributed by atoms with Crippen molar-refractivity contribution in [1.82, 2.24) is 9.97 Å². The van der Waals surface area contributed by atoms with Gasteiger partial charge in [-0.3, -0.25) is 4.79 Å². The Morgan fingerprint density at radius 2 is 1.71 bits per heavy atom. The number of carbonyl (C=O) groups excluding carboxylic acids is 1. The monoisotopic (exact) mass is 386 g/mol. The Bertz CT molecular complexity index is 1020. The first-order chi connectivity index (χ1) is 13.4. The van der Waals surface area contributed by atoms with E-state index >= 15 is 0 Å². The number of nitrogens with zero attached hydrogens (tertiary/aromatic N) is 2. The van der Waals surface area contributed by atoms with Crippen LogP contribution in [0.2, 0.25) is 0 Å². The van der Waals surface area contributed by atoms with E-state index in [0.29, 0.717) is 0 Å². The van der Waals surface area contributed by atoms with Crippen LogP contribution in [0.3, 0.4) is 0 Å². The van der Waals surface area contributed by atoms with E-state index in [9.17, 15) is 18.0 Å². The highest BCUT2D eigenvalue weighted by molar-refractivity contribution is 6.03. The molecule has 144 valence electrons. The first kappa shape index (κ1) is 19.3. The summed E-state index contributed by atoms with van der Waals surface area (Å²) in [4.78, 5) is 20.5. The SMILES string of the molecule is CC(C)c1ccccc1Nc1nccc(C(=O)Nc2ccc(F)c(F)c2F)n1. The molecule has 0 bridgehead atoms. The van der Waals surface area contributed by atoms with Gasteiger partial charge in [0, 0.05) is 11.9 Å². The van der Waals surface area contributed by atoms with Crippen molar-refractivity contribution in [3.8, 4) is 0 Å². The van der Waals surface area contributed by atoms with Crippen LogP contribution in [-0.2, 0) is 0 Å². The molecule has 28 heavy (non-hydrogen) atoms. The lowest BCUT2D eigenvalue weighted by Gasteiger charge is -2.14. The average Bonchev–Trinajstić information content (AvgIpc) is 2.69. The summed E-state index contributed by atoms with van der Waals surface area (Å²) in [6.07, 6.45) is 1.36. The normalized spacial score (nSPS) is 10.8. The van der Waals surface area contributed by atoms with Gasteiger partial charge in [0.05, 0.1) is 5.69 Å². The largest absolute Gasteiger partial charge is 0.324 e. The lowest BCUT2D eigenvalue weighted by molar-refractivity contribution is 0.102. The lowest BCUT2D eigenvalue weighted by atomic mass is 10.0. The van der Waals surface area contributed by atoms with E-state index in [1.807, 2.05) is 38.1 Å². The van der Waals surface area contributed by atoms with Crippen LogP contribution in [0.5, 0.6) is 0 Å². The summed E-state index contributed by atoms with van der Waals surface area (Å²) >= 11 is 0. The van der Waals surface area contributed by atoms with E-state index in [1.54, 1.807) is 0 Å². The smallest absolute Gasteiger partial charge is 0.274 e. The zero-order valence-corrected chi connectivity index (χ0v) is 15.1. The zero-order chi connectivity index (χ0) is 20.3. The molecule has 0 saturated carbocycles. The van der Waals surface area contributed by atoms with E-state index in [-0.39, 0.29) is 17.6 Å². The molecule has 5 nitrogen and oxygen atoms in total. The van der Waals surface area contributed by atoms with Gasteiger partial charge < -0.3 is 10.6 Å². The predicted molar refractivity (Wildman–Crippen MR) is 100 cm³/mol. The second-order valence-electron chi connectivity index (χ2n) is 6.31. The van der Waals surface area contributed by atoms with Crippen LogP contribution >= 0.6 is 0 Å². The van der Waals surface area contributed by atoms with Crippen LogP contribution in [0.25, 0.3) is 0 Å². The van der Waals surface area contributed by atoms with Crippen molar-refractivity contribution in [2.75, 3.05) is 10.6 Å². The Labute approximate surface area is 159 Å². The fourth-order valence-electron chi connectivity index (χ4n) is 2.59. The quantitative estimate of drug-likeness (QED) is 0.605. The molecule has 3 aromatic rings. The molecular weight excluding hydrogens is 369 g/mol. The highest BCUT2D eigenvalue weighted by Crippen LogP contribution is 2.26. The molecule has 3 rings (SSSR count). The Morgan fingerprint density at radius 1 is 0.964 bits per heavy atom. The van der Waals surface area contributed by atoms with Gasteiger partial charge in [0.25, 0.3) is 5.91 Å². The van der Waals surface area contributed by atoms with E-state index in [4.69, 9.17) is 0 Å². The van der Waals surface area contributed by atoms with Crippen molar-refractivity contribution in [3.63, 3.8) is 0 Å². The molecule has 0 unspecified atom stereocenters. The van der Waals surface area contributed by atoms with Gasteiger partial charge in [-0.05, 0) is 35.7 Å². The van der Waals surface area contributed by atoms with E-state index in [2.05, 4.69) is 20.6 Å². The molecule has 0 atom stereocenters. The number of nitrogens with one attached hydrogen (secondary N) is 2. The fraction of sp³-hybridized carbons (Fsp3) is 0.150. The molecule has 0 spiro atoms. The van der Waals surface area contributed by atoms with Gasteiger partial charge in [0.15, 0.2) is 17.5 Å². The van der Waals surface area contributed by atoms with E-state index in [1.165, 1.54) is 12.3 Å². The summed E-state index contributed by atoms with van der Waals surface area (Å²) in [6.45, 7) is 4.09. The van der Waals surface area contributed by atoms with Crippen LogP contribution in [0.15, 0.2) is 48.7 Å². The number of carbonyl (C=O) groups is 1. The van der Waals surface area contributed by atoms with Gasteiger partial charge >= 0.3 is 0 Å². The Hall–Kier alpha value is -3.42. The number of anilines is 3. The summed E-state index contributed by atoms with van der Waals surface area (Å²) in [5.74, 6) is -4.84. The van der Waals surface area contributed by atoms with Crippen LogP contribution in [-0.4, -0.2) is 15.9 Å². The Balaban J connectivity index is 1.82. The number of halogens is 3. The topological polar surface area (TPSA) is 66.9 Å². The number of hydrogen-bond donors (Lipinski definition) is 2. The molecule has 2 aromatic carbocycles. The van der Waals surface area contributed by atoms with Gasteiger partial charge in [0.2, 0.25) is 5.95 Å². The van der Waals surface area contributed by atoms with Crippen molar-refractivity contribution in [2.45, 2.75) is 19.8 Å². The molecule has 1 amide bonds. The standard InChI is InChI=1S/C20H17F3N4O/c1-11(2)12-5-3-4-6-14(12)26-20-24-10-9-16(27-20)19(28)25-15-8-7-13(21)17(22)18(15)23/h3-11H,1-2H3,(H,25,28)(H,24,26,27). The number of amides is 1. The molecule has 0 radical (unpaired) electrons. The second-order valence-corrected chi connectivity index (χ2v) is 6.31. The number of para-hydroxylation sites is 1. The van der Waals surface area contributed by atoms with Crippen molar-refractivity contribution in [3.05, 3.63) is 77.4 Å². The summed E-state index contributed by atoms with van der Waals surface area (Å²) in [6, 6.07) is 10.6. The maximum atomic E-state index is 13.8. The maximum Gasteiger partial charge on any atom is 0.274 e. The third-order valence-corrected chi connectivity index (χ3v) is 4.00. The number of rotatable bonds is 5. The third kappa shape index (κ3) is 4.11. The molecule has 1 heterocycles. The summed E-state index contributed by atoms with van der Waals surface area (Å²) in [5.41, 5.74) is 1.29. The Morgan fingerprint density at radius 3 is 2.46 bits per heavy atom. The highest BCUT2D eigenvalue weighted by atomic mass is 19.2. The van der Waals surface area contributed by atoms with Crippen LogP contribution < -0.4 is 10.6 Å². The van der Waals surface area contributed by atoms with Crippen LogP contribution in [0.4, 0.5) is 30.5 Å². The first-order valence-corrected chi connectivity index (χ1v) is 8.50. The highest BCUT2D eigenvalue weighted by Gasteiger charge is 2.17. The molecule has 8 heteroatoms. The third-order valence-electron chi connectivity index (χ3n) is 4.00. The van der Waals surface area contributed by atoms with Gasteiger partial charge in [-0.1, -0.05) is 32.0 Å². The average molecular weight is 386 g/mol. The van der Waals surface area contributed by atoms with Gasteiger partial charge in [-0.25, -0.2) is 23.1 Å². The molecule has 0 aliphatic carbocycles. The summed E-state index contributed by atoms with van der Waals surface area (Å²) < 4.78 is 40.1. The van der Waals surface area contributed by atoms with E-state index < -0.39 is 29.0 Å². The van der Waals surface area contributed by atoms with Crippen molar-refractivity contribution >= 4 is 23.2 Å². The van der Waals surface area contributed by atoms with Crippen LogP contribution in [0, 0.1) is 17.5 Å². The van der Waals surface area contributed by atoms with Gasteiger partial charge in [-0.2, -0.15) is 0 Å². The maximum absolute atomic E-state index is 13.8. The van der Waals surface area contributed by atoms with Crippen molar-refractivity contribution in [1.29, 1.82) is 0 Å². The number of hydrogen-bond acceptors (Lipinski definition) is 4. The van der Waals surface area contributed by atoms with Gasteiger partial charge in [0.1, 0.15) is 5.69 Å². The molecular formula is C20H17F3N4O. The minimum Gasteiger partial charge on any atom is -0.324 e. The summed E-state index contributed by atoms with van der Waals surface area (Å²) in [7, 11) is 0. The number of benzene rings is 2. The molecule has 0 fully saturated rings. The number of aromatic nitrogens is 2.